The number of halogens is 2. The third-order valence-corrected chi connectivity index (χ3v) is 6.17. The second-order valence-corrected chi connectivity index (χ2v) is 9.47. The Morgan fingerprint density at radius 2 is 2.13 bits per heavy atom. The Morgan fingerprint density at radius 3 is 2.65 bits per heavy atom. The van der Waals surface area contributed by atoms with Gasteiger partial charge in [-0.1, -0.05) is 11.6 Å². The van der Waals surface area contributed by atoms with Crippen molar-refractivity contribution in [3.63, 3.8) is 0 Å². The lowest BCUT2D eigenvalue weighted by Gasteiger charge is -2.33. The zero-order valence-corrected chi connectivity index (χ0v) is 17.0. The van der Waals surface area contributed by atoms with Crippen LogP contribution in [0, 0.1) is 5.92 Å². The summed E-state index contributed by atoms with van der Waals surface area (Å²) in [6.07, 6.45) is 1.84. The molecule has 0 aromatic carbocycles. The summed E-state index contributed by atoms with van der Waals surface area (Å²) in [5.74, 6) is 0.604. The van der Waals surface area contributed by atoms with Crippen LogP contribution in [0.15, 0.2) is 10.5 Å². The molecule has 0 radical (unpaired) electrons. The lowest BCUT2D eigenvalue weighted by molar-refractivity contribution is 0.0184. The fraction of sp³-hybridized carbons (Fsp3) is 0.688. The molecular formula is C16H24BrClN2O2S. The fourth-order valence-corrected chi connectivity index (χ4v) is 4.28. The van der Waals surface area contributed by atoms with Crippen molar-refractivity contribution in [3.05, 3.63) is 19.8 Å². The lowest BCUT2D eigenvalue weighted by Crippen LogP contribution is -2.43. The van der Waals surface area contributed by atoms with Gasteiger partial charge in [-0.2, -0.15) is 0 Å². The van der Waals surface area contributed by atoms with Crippen molar-refractivity contribution in [2.75, 3.05) is 19.6 Å². The van der Waals surface area contributed by atoms with Crippen LogP contribution in [0.25, 0.3) is 0 Å². The van der Waals surface area contributed by atoms with Crippen LogP contribution in [0.4, 0.5) is 4.79 Å². The van der Waals surface area contributed by atoms with Crippen molar-refractivity contribution in [2.24, 2.45) is 5.92 Å². The van der Waals surface area contributed by atoms with E-state index in [4.69, 9.17) is 16.3 Å². The summed E-state index contributed by atoms with van der Waals surface area (Å²) in [7, 11) is 0. The number of hydrogen-bond acceptors (Lipinski definition) is 4. The van der Waals surface area contributed by atoms with Gasteiger partial charge in [-0.05, 0) is 68.1 Å². The number of likely N-dealkylation sites (tertiary alicyclic amines) is 1. The minimum absolute atomic E-state index is 0.193. The topological polar surface area (TPSA) is 41.6 Å². The van der Waals surface area contributed by atoms with Gasteiger partial charge in [0, 0.05) is 29.0 Å². The quantitative estimate of drug-likeness (QED) is 0.749. The molecule has 0 aliphatic carbocycles. The van der Waals surface area contributed by atoms with Crippen molar-refractivity contribution >= 4 is 45.0 Å². The molecule has 1 amide bonds. The Morgan fingerprint density at radius 1 is 1.48 bits per heavy atom. The van der Waals surface area contributed by atoms with E-state index in [1.54, 1.807) is 11.3 Å². The Kier molecular flexibility index (Phi) is 6.77. The standard InChI is InChI=1S/C16H24BrClN2O2S/c1-16(2,3)22-15(21)20-6-4-11(5-7-20)9-19-10-12-8-13(17)14(18)23-12/h8,11,19H,4-7,9-10H2,1-3H3. The molecule has 0 bridgehead atoms. The SMILES string of the molecule is CC(C)(C)OC(=O)N1CCC(CNCc2cc(Br)c(Cl)s2)CC1. The highest BCUT2D eigenvalue weighted by Crippen LogP contribution is 2.31. The summed E-state index contributed by atoms with van der Waals surface area (Å²) in [5.41, 5.74) is -0.425. The summed E-state index contributed by atoms with van der Waals surface area (Å²) in [4.78, 5) is 15.1. The van der Waals surface area contributed by atoms with Crippen LogP contribution >= 0.6 is 38.9 Å². The average molecular weight is 424 g/mol. The predicted octanol–water partition coefficient (Wildman–Crippen LogP) is 4.90. The first-order chi connectivity index (χ1) is 10.7. The minimum atomic E-state index is -0.425. The summed E-state index contributed by atoms with van der Waals surface area (Å²) < 4.78 is 7.18. The van der Waals surface area contributed by atoms with Gasteiger partial charge in [-0.15, -0.1) is 11.3 Å². The molecule has 1 fully saturated rings. The second-order valence-electron chi connectivity index (χ2n) is 6.88. The largest absolute Gasteiger partial charge is 0.444 e. The highest BCUT2D eigenvalue weighted by atomic mass is 79.9. The molecule has 2 heterocycles. The number of hydrogen-bond donors (Lipinski definition) is 1. The van der Waals surface area contributed by atoms with Gasteiger partial charge >= 0.3 is 6.09 Å². The zero-order chi connectivity index (χ0) is 17.0. The highest BCUT2D eigenvalue weighted by molar-refractivity contribution is 9.10. The number of nitrogens with zero attached hydrogens (tertiary/aromatic N) is 1. The van der Waals surface area contributed by atoms with E-state index in [2.05, 4.69) is 27.3 Å². The third kappa shape index (κ3) is 6.25. The summed E-state index contributed by atoms with van der Waals surface area (Å²) in [5, 5.41) is 3.49. The van der Waals surface area contributed by atoms with E-state index in [0.29, 0.717) is 5.92 Å². The molecule has 1 N–H and O–H groups in total. The number of nitrogens with one attached hydrogen (secondary N) is 1. The normalized spacial score (nSPS) is 16.7. The molecule has 1 saturated heterocycles. The average Bonchev–Trinajstić information content (AvgIpc) is 2.76. The van der Waals surface area contributed by atoms with Crippen LogP contribution in [0.1, 0.15) is 38.5 Å². The van der Waals surface area contributed by atoms with Gasteiger partial charge in [0.1, 0.15) is 9.94 Å². The smallest absolute Gasteiger partial charge is 0.410 e. The summed E-state index contributed by atoms with van der Waals surface area (Å²) in [6.45, 7) is 9.05. The van der Waals surface area contributed by atoms with Gasteiger partial charge in [0.15, 0.2) is 0 Å². The van der Waals surface area contributed by atoms with Crippen LogP contribution < -0.4 is 5.32 Å². The van der Waals surface area contributed by atoms with Crippen molar-refractivity contribution in [1.82, 2.24) is 10.2 Å². The van der Waals surface area contributed by atoms with E-state index in [9.17, 15) is 4.79 Å². The fourth-order valence-electron chi connectivity index (χ4n) is 2.52. The molecule has 1 aliphatic rings. The van der Waals surface area contributed by atoms with Gasteiger partial charge in [0.2, 0.25) is 0 Å². The maximum absolute atomic E-state index is 12.0. The number of amides is 1. The van der Waals surface area contributed by atoms with Crippen molar-refractivity contribution in [2.45, 2.75) is 45.8 Å². The molecule has 1 aliphatic heterocycles. The van der Waals surface area contributed by atoms with E-state index < -0.39 is 5.60 Å². The third-order valence-electron chi connectivity index (χ3n) is 3.69. The molecule has 130 valence electrons. The van der Waals surface area contributed by atoms with Crippen LogP contribution in [0.2, 0.25) is 4.34 Å². The molecule has 7 heteroatoms. The lowest BCUT2D eigenvalue weighted by atomic mass is 9.97. The van der Waals surface area contributed by atoms with E-state index in [-0.39, 0.29) is 6.09 Å². The Bertz CT molecular complexity index is 517. The van der Waals surface area contributed by atoms with Crippen molar-refractivity contribution in [3.8, 4) is 0 Å². The molecule has 0 spiro atoms. The van der Waals surface area contributed by atoms with Crippen LogP contribution in [-0.2, 0) is 11.3 Å². The van der Waals surface area contributed by atoms with Gasteiger partial charge < -0.3 is 15.0 Å². The number of carbonyl (C=O) groups is 1. The predicted molar refractivity (Wildman–Crippen MR) is 99.3 cm³/mol. The number of rotatable bonds is 4. The Balaban J connectivity index is 1.67. The first-order valence-corrected chi connectivity index (χ1v) is 9.85. The molecule has 0 unspecified atom stereocenters. The molecule has 23 heavy (non-hydrogen) atoms. The van der Waals surface area contributed by atoms with Crippen LogP contribution in [-0.4, -0.2) is 36.2 Å². The molecule has 2 rings (SSSR count). The maximum Gasteiger partial charge on any atom is 0.410 e. The van der Waals surface area contributed by atoms with E-state index in [1.165, 1.54) is 4.88 Å². The molecule has 1 aromatic heterocycles. The van der Waals surface area contributed by atoms with Gasteiger partial charge in [-0.3, -0.25) is 0 Å². The van der Waals surface area contributed by atoms with Crippen molar-refractivity contribution < 1.29 is 9.53 Å². The Labute approximate surface area is 155 Å². The van der Waals surface area contributed by atoms with Crippen LogP contribution in [0.3, 0.4) is 0 Å². The second kappa shape index (κ2) is 8.19. The summed E-state index contributed by atoms with van der Waals surface area (Å²) >= 11 is 11.1. The summed E-state index contributed by atoms with van der Waals surface area (Å²) in [6, 6.07) is 2.06. The first-order valence-electron chi connectivity index (χ1n) is 7.87. The van der Waals surface area contributed by atoms with E-state index >= 15 is 0 Å². The number of ether oxygens (including phenoxy) is 1. The molecular weight excluding hydrogens is 400 g/mol. The number of carbonyl (C=O) groups excluding carboxylic acids is 1. The molecule has 1 aromatic rings. The number of thiophene rings is 1. The zero-order valence-electron chi connectivity index (χ0n) is 13.8. The minimum Gasteiger partial charge on any atom is -0.444 e. The first kappa shape index (κ1) is 19.0. The Hall–Kier alpha value is -0.300. The van der Waals surface area contributed by atoms with E-state index in [1.807, 2.05) is 25.7 Å². The monoisotopic (exact) mass is 422 g/mol. The molecule has 4 nitrogen and oxygen atoms in total. The maximum atomic E-state index is 12.0. The highest BCUT2D eigenvalue weighted by Gasteiger charge is 2.26. The van der Waals surface area contributed by atoms with Gasteiger partial charge in [0.05, 0.1) is 0 Å². The van der Waals surface area contributed by atoms with Crippen molar-refractivity contribution in [1.29, 1.82) is 0 Å². The van der Waals surface area contributed by atoms with E-state index in [0.717, 1.165) is 47.8 Å². The van der Waals surface area contributed by atoms with Gasteiger partial charge in [0.25, 0.3) is 0 Å². The van der Waals surface area contributed by atoms with Crippen LogP contribution in [0.5, 0.6) is 0 Å². The van der Waals surface area contributed by atoms with Gasteiger partial charge in [-0.25, -0.2) is 4.79 Å². The molecule has 0 atom stereocenters. The number of piperidine rings is 1. The molecule has 0 saturated carbocycles.